The molecule has 2 aromatic heterocycles. The normalized spacial score (nSPS) is 14.1. The molecular formula is C22H35IN6O. The maximum Gasteiger partial charge on any atom is 0.191 e. The fourth-order valence-electron chi connectivity index (χ4n) is 3.67. The lowest BCUT2D eigenvalue weighted by Gasteiger charge is -2.16. The Morgan fingerprint density at radius 2 is 1.93 bits per heavy atom. The molecule has 0 bridgehead atoms. The Labute approximate surface area is 197 Å². The van der Waals surface area contributed by atoms with Gasteiger partial charge in [-0.05, 0) is 50.3 Å². The minimum Gasteiger partial charge on any atom is -0.359 e. The molecular weight excluding hydrogens is 491 g/mol. The molecule has 0 amide bonds. The molecule has 0 unspecified atom stereocenters. The third-order valence-corrected chi connectivity index (χ3v) is 5.42. The maximum atomic E-state index is 5.50. The van der Waals surface area contributed by atoms with E-state index < -0.39 is 0 Å². The van der Waals surface area contributed by atoms with Crippen LogP contribution in [-0.2, 0) is 13.1 Å². The summed E-state index contributed by atoms with van der Waals surface area (Å²) in [7, 11) is 0. The van der Waals surface area contributed by atoms with Crippen LogP contribution in [0.4, 0.5) is 5.82 Å². The summed E-state index contributed by atoms with van der Waals surface area (Å²) < 4.78 is 5.50. The van der Waals surface area contributed by atoms with Gasteiger partial charge in [-0.2, -0.15) is 0 Å². The molecule has 0 aromatic carbocycles. The minimum atomic E-state index is 0. The molecule has 7 nitrogen and oxygen atoms in total. The van der Waals surface area contributed by atoms with Crippen molar-refractivity contribution in [1.82, 2.24) is 20.8 Å². The first kappa shape index (κ1) is 24.4. The Morgan fingerprint density at radius 1 is 1.17 bits per heavy atom. The molecule has 1 fully saturated rings. The van der Waals surface area contributed by atoms with Gasteiger partial charge in [-0.1, -0.05) is 19.0 Å². The van der Waals surface area contributed by atoms with Crippen LogP contribution in [0.5, 0.6) is 0 Å². The molecule has 0 spiro atoms. The average Bonchev–Trinajstić information content (AvgIpc) is 3.44. The van der Waals surface area contributed by atoms with Crippen LogP contribution in [0.3, 0.4) is 0 Å². The Bertz CT molecular complexity index is 783. The zero-order chi connectivity index (χ0) is 20.5. The molecule has 2 N–H and O–H groups in total. The first-order valence-corrected chi connectivity index (χ1v) is 10.9. The number of pyridine rings is 1. The highest BCUT2D eigenvalue weighted by atomic mass is 127. The number of aromatic nitrogens is 2. The van der Waals surface area contributed by atoms with Gasteiger partial charge in [-0.3, -0.25) is 0 Å². The van der Waals surface area contributed by atoms with Crippen molar-refractivity contribution in [1.29, 1.82) is 0 Å². The molecule has 166 valence electrons. The molecule has 0 atom stereocenters. The highest BCUT2D eigenvalue weighted by Crippen LogP contribution is 2.22. The van der Waals surface area contributed by atoms with Gasteiger partial charge in [0.2, 0.25) is 0 Å². The van der Waals surface area contributed by atoms with Crippen LogP contribution in [0.15, 0.2) is 33.9 Å². The minimum absolute atomic E-state index is 0. The lowest BCUT2D eigenvalue weighted by Crippen LogP contribution is -2.36. The van der Waals surface area contributed by atoms with Gasteiger partial charge in [0.15, 0.2) is 11.7 Å². The maximum absolute atomic E-state index is 5.50. The molecule has 8 heteroatoms. The zero-order valence-corrected chi connectivity index (χ0v) is 20.7. The van der Waals surface area contributed by atoms with E-state index in [2.05, 4.69) is 58.6 Å². The molecule has 2 aromatic rings. The molecule has 3 rings (SSSR count). The summed E-state index contributed by atoms with van der Waals surface area (Å²) in [4.78, 5) is 11.6. The predicted molar refractivity (Wildman–Crippen MR) is 133 cm³/mol. The van der Waals surface area contributed by atoms with Crippen LogP contribution in [0.25, 0.3) is 0 Å². The summed E-state index contributed by atoms with van der Waals surface area (Å²) in [6.45, 7) is 10.6. The van der Waals surface area contributed by atoms with Crippen LogP contribution in [0.2, 0.25) is 0 Å². The van der Waals surface area contributed by atoms with Gasteiger partial charge in [0.25, 0.3) is 0 Å². The summed E-state index contributed by atoms with van der Waals surface area (Å²) >= 11 is 0. The molecule has 3 heterocycles. The van der Waals surface area contributed by atoms with Gasteiger partial charge < -0.3 is 20.1 Å². The third-order valence-electron chi connectivity index (χ3n) is 5.42. The van der Waals surface area contributed by atoms with Crippen LogP contribution in [0.1, 0.15) is 69.4 Å². The van der Waals surface area contributed by atoms with E-state index in [9.17, 15) is 0 Å². The van der Waals surface area contributed by atoms with Crippen molar-refractivity contribution in [2.24, 2.45) is 4.99 Å². The van der Waals surface area contributed by atoms with E-state index in [0.29, 0.717) is 19.0 Å². The Hall–Kier alpha value is -1.84. The summed E-state index contributed by atoms with van der Waals surface area (Å²) in [5.74, 6) is 3.12. The number of anilines is 1. The predicted octanol–water partition coefficient (Wildman–Crippen LogP) is 4.45. The summed E-state index contributed by atoms with van der Waals surface area (Å²) in [6.07, 6.45) is 6.53. The van der Waals surface area contributed by atoms with Crippen molar-refractivity contribution in [3.05, 3.63) is 41.4 Å². The molecule has 0 saturated carbocycles. The first-order chi connectivity index (χ1) is 14.2. The topological polar surface area (TPSA) is 78.6 Å². The van der Waals surface area contributed by atoms with E-state index in [-0.39, 0.29) is 24.0 Å². The average molecular weight is 526 g/mol. The Kier molecular flexibility index (Phi) is 10.4. The number of rotatable bonds is 9. The van der Waals surface area contributed by atoms with E-state index in [4.69, 9.17) is 9.52 Å². The van der Waals surface area contributed by atoms with E-state index in [0.717, 1.165) is 61.3 Å². The lowest BCUT2D eigenvalue weighted by atomic mass is 9.99. The van der Waals surface area contributed by atoms with E-state index in [1.165, 1.54) is 12.8 Å². The first-order valence-electron chi connectivity index (χ1n) is 10.9. The second-order valence-corrected chi connectivity index (χ2v) is 7.50. The molecule has 1 saturated heterocycles. The van der Waals surface area contributed by atoms with Crippen molar-refractivity contribution in [2.75, 3.05) is 24.5 Å². The number of nitrogens with zero attached hydrogens (tertiary/aromatic N) is 4. The Balaban J connectivity index is 0.00000320. The summed E-state index contributed by atoms with van der Waals surface area (Å²) in [6, 6.07) is 6.24. The number of nitrogens with one attached hydrogen (secondary N) is 2. The van der Waals surface area contributed by atoms with Crippen LogP contribution < -0.4 is 15.5 Å². The van der Waals surface area contributed by atoms with Gasteiger partial charge in [0, 0.05) is 37.8 Å². The van der Waals surface area contributed by atoms with Crippen molar-refractivity contribution < 1.29 is 4.52 Å². The van der Waals surface area contributed by atoms with Crippen LogP contribution in [0, 0.1) is 0 Å². The zero-order valence-electron chi connectivity index (χ0n) is 18.4. The van der Waals surface area contributed by atoms with Crippen molar-refractivity contribution in [2.45, 2.75) is 65.5 Å². The quantitative estimate of drug-likeness (QED) is 0.286. The van der Waals surface area contributed by atoms with Crippen molar-refractivity contribution >= 4 is 35.8 Å². The summed E-state index contributed by atoms with van der Waals surface area (Å²) in [5.41, 5.74) is 2.20. The number of hydrogen-bond acceptors (Lipinski definition) is 5. The summed E-state index contributed by atoms with van der Waals surface area (Å²) in [5, 5.41) is 10.9. The van der Waals surface area contributed by atoms with E-state index >= 15 is 0 Å². The monoisotopic (exact) mass is 526 g/mol. The lowest BCUT2D eigenvalue weighted by molar-refractivity contribution is 0.368. The Morgan fingerprint density at radius 3 is 2.63 bits per heavy atom. The SMILES string of the molecule is CCNC(=NCc1ccnc(N2CCCC2)c1)NCc1cc(C(CC)CC)no1.I. The largest absolute Gasteiger partial charge is 0.359 e. The van der Waals surface area contributed by atoms with Crippen LogP contribution in [-0.4, -0.2) is 35.7 Å². The third kappa shape index (κ3) is 6.85. The van der Waals surface area contributed by atoms with Gasteiger partial charge in [0.1, 0.15) is 5.82 Å². The molecule has 1 aliphatic heterocycles. The molecule has 0 radical (unpaired) electrons. The number of aliphatic imine (C=N–C) groups is 1. The number of guanidine groups is 1. The van der Waals surface area contributed by atoms with Crippen molar-refractivity contribution in [3.8, 4) is 0 Å². The van der Waals surface area contributed by atoms with Crippen LogP contribution >= 0.6 is 24.0 Å². The highest BCUT2D eigenvalue weighted by molar-refractivity contribution is 14.0. The van der Waals surface area contributed by atoms with Gasteiger partial charge in [-0.25, -0.2) is 9.98 Å². The second-order valence-electron chi connectivity index (χ2n) is 7.50. The van der Waals surface area contributed by atoms with Gasteiger partial charge in [-0.15, -0.1) is 24.0 Å². The van der Waals surface area contributed by atoms with E-state index in [1.54, 1.807) is 0 Å². The highest BCUT2D eigenvalue weighted by Gasteiger charge is 2.14. The van der Waals surface area contributed by atoms with Gasteiger partial charge in [0.05, 0.1) is 18.8 Å². The second kappa shape index (κ2) is 12.8. The van der Waals surface area contributed by atoms with Crippen molar-refractivity contribution in [3.63, 3.8) is 0 Å². The molecule has 0 aliphatic carbocycles. The fourth-order valence-corrected chi connectivity index (χ4v) is 3.67. The van der Waals surface area contributed by atoms with Gasteiger partial charge >= 0.3 is 0 Å². The van der Waals surface area contributed by atoms with E-state index in [1.807, 2.05) is 12.3 Å². The number of halogens is 1. The molecule has 30 heavy (non-hydrogen) atoms. The fraction of sp³-hybridized carbons (Fsp3) is 0.591. The number of hydrogen-bond donors (Lipinski definition) is 2. The molecule has 1 aliphatic rings. The smallest absolute Gasteiger partial charge is 0.191 e. The standard InChI is InChI=1S/C22H34N6O.HI/c1-4-18(5-2)20-14-19(29-27-20)16-26-22(23-6-3)25-15-17-9-10-24-21(13-17)28-11-7-8-12-28;/h9-10,13-14,18H,4-8,11-12,15-16H2,1-3H3,(H2,23,25,26);1H.